The highest BCUT2D eigenvalue weighted by molar-refractivity contribution is 6.42. The molecule has 150 valence electrons. The standard InChI is InChI=1S/C20H22Cl2FN3O2/c21-17-6-5-16(13-18(17)22)26-11-9-25(10-12-26)8-7-19(28-20(24)27)14-1-3-15(23)4-2-14/h1-6,13,19H,7-12H2,(H2,24,27). The van der Waals surface area contributed by atoms with Crippen LogP contribution in [0, 0.1) is 5.82 Å². The van der Waals surface area contributed by atoms with Crippen molar-refractivity contribution in [1.82, 2.24) is 4.90 Å². The molecule has 2 aromatic rings. The first-order chi connectivity index (χ1) is 13.4. The zero-order valence-corrected chi connectivity index (χ0v) is 16.8. The van der Waals surface area contributed by atoms with E-state index in [0.717, 1.165) is 44.0 Å². The van der Waals surface area contributed by atoms with Gasteiger partial charge >= 0.3 is 6.09 Å². The van der Waals surface area contributed by atoms with E-state index >= 15 is 0 Å². The fourth-order valence-corrected chi connectivity index (χ4v) is 3.61. The van der Waals surface area contributed by atoms with E-state index in [1.807, 2.05) is 12.1 Å². The molecule has 1 unspecified atom stereocenters. The number of primary amides is 1. The molecule has 5 nitrogen and oxygen atoms in total. The third-order valence-corrected chi connectivity index (χ3v) is 5.59. The minimum atomic E-state index is -0.834. The number of benzene rings is 2. The molecule has 0 aromatic heterocycles. The molecule has 2 aromatic carbocycles. The molecule has 1 atom stereocenters. The maximum atomic E-state index is 13.2. The number of rotatable bonds is 6. The lowest BCUT2D eigenvalue weighted by Crippen LogP contribution is -2.46. The Labute approximate surface area is 173 Å². The smallest absolute Gasteiger partial charge is 0.405 e. The van der Waals surface area contributed by atoms with E-state index in [0.29, 0.717) is 16.5 Å². The van der Waals surface area contributed by atoms with Crippen molar-refractivity contribution in [2.24, 2.45) is 5.73 Å². The lowest BCUT2D eigenvalue weighted by atomic mass is 10.1. The van der Waals surface area contributed by atoms with Gasteiger partial charge in [0.05, 0.1) is 10.0 Å². The summed E-state index contributed by atoms with van der Waals surface area (Å²) in [4.78, 5) is 15.8. The lowest BCUT2D eigenvalue weighted by Gasteiger charge is -2.36. The third-order valence-electron chi connectivity index (χ3n) is 4.85. The second-order valence-corrected chi connectivity index (χ2v) is 7.51. The molecular formula is C20H22Cl2FN3O2. The van der Waals surface area contributed by atoms with Crippen molar-refractivity contribution >= 4 is 35.0 Å². The van der Waals surface area contributed by atoms with E-state index in [1.54, 1.807) is 18.2 Å². The van der Waals surface area contributed by atoms with Gasteiger partial charge in [-0.2, -0.15) is 0 Å². The van der Waals surface area contributed by atoms with Gasteiger partial charge in [0.25, 0.3) is 0 Å². The van der Waals surface area contributed by atoms with Gasteiger partial charge in [-0.15, -0.1) is 0 Å². The van der Waals surface area contributed by atoms with E-state index < -0.39 is 12.2 Å². The molecule has 1 heterocycles. The van der Waals surface area contributed by atoms with E-state index in [-0.39, 0.29) is 5.82 Å². The Morgan fingerprint density at radius 1 is 1.07 bits per heavy atom. The first-order valence-electron chi connectivity index (χ1n) is 9.06. The van der Waals surface area contributed by atoms with Gasteiger partial charge in [-0.05, 0) is 35.9 Å². The second kappa shape index (κ2) is 9.45. The topological polar surface area (TPSA) is 58.8 Å². The Kier molecular flexibility index (Phi) is 6.99. The molecule has 1 aliphatic rings. The van der Waals surface area contributed by atoms with Crippen molar-refractivity contribution in [3.8, 4) is 0 Å². The van der Waals surface area contributed by atoms with Crippen molar-refractivity contribution in [2.45, 2.75) is 12.5 Å². The Balaban J connectivity index is 1.54. The fourth-order valence-electron chi connectivity index (χ4n) is 3.32. The van der Waals surface area contributed by atoms with E-state index in [1.165, 1.54) is 12.1 Å². The molecule has 1 amide bonds. The molecule has 0 bridgehead atoms. The van der Waals surface area contributed by atoms with Crippen LogP contribution >= 0.6 is 23.2 Å². The van der Waals surface area contributed by atoms with E-state index in [2.05, 4.69) is 9.80 Å². The largest absolute Gasteiger partial charge is 0.441 e. The molecule has 28 heavy (non-hydrogen) atoms. The number of anilines is 1. The number of nitrogens with zero attached hydrogens (tertiary/aromatic N) is 2. The molecule has 0 spiro atoms. The predicted molar refractivity (Wildman–Crippen MR) is 110 cm³/mol. The SMILES string of the molecule is NC(=O)OC(CCN1CCN(c2ccc(Cl)c(Cl)c2)CC1)c1ccc(F)cc1. The third kappa shape index (κ3) is 5.50. The highest BCUT2D eigenvalue weighted by Gasteiger charge is 2.21. The first-order valence-corrected chi connectivity index (χ1v) is 9.82. The van der Waals surface area contributed by atoms with Crippen LogP contribution in [0.25, 0.3) is 0 Å². The summed E-state index contributed by atoms with van der Waals surface area (Å²) < 4.78 is 18.4. The van der Waals surface area contributed by atoms with Crippen molar-refractivity contribution < 1.29 is 13.9 Å². The van der Waals surface area contributed by atoms with Crippen LogP contribution < -0.4 is 10.6 Å². The summed E-state index contributed by atoms with van der Waals surface area (Å²) in [5, 5.41) is 1.10. The summed E-state index contributed by atoms with van der Waals surface area (Å²) in [6, 6.07) is 11.6. The fraction of sp³-hybridized carbons (Fsp3) is 0.350. The Morgan fingerprint density at radius 3 is 2.36 bits per heavy atom. The van der Waals surface area contributed by atoms with Gasteiger partial charge in [0.2, 0.25) is 0 Å². The number of halogens is 3. The van der Waals surface area contributed by atoms with Crippen LogP contribution in [0.3, 0.4) is 0 Å². The molecule has 0 radical (unpaired) electrons. The lowest BCUT2D eigenvalue weighted by molar-refractivity contribution is 0.0910. The number of carbonyl (C=O) groups excluding carboxylic acids is 1. The number of amides is 1. The molecule has 1 saturated heterocycles. The average molecular weight is 426 g/mol. The summed E-state index contributed by atoms with van der Waals surface area (Å²) in [6.45, 7) is 4.19. The van der Waals surface area contributed by atoms with Crippen molar-refractivity contribution in [2.75, 3.05) is 37.6 Å². The Hall–Kier alpha value is -2.02. The zero-order chi connectivity index (χ0) is 20.1. The normalized spacial score (nSPS) is 16.0. The van der Waals surface area contributed by atoms with Crippen LogP contribution in [0.4, 0.5) is 14.9 Å². The quantitative estimate of drug-likeness (QED) is 0.740. The molecule has 0 aliphatic carbocycles. The molecule has 1 aliphatic heterocycles. The van der Waals surface area contributed by atoms with Gasteiger partial charge in [0.15, 0.2) is 0 Å². The number of ether oxygens (including phenoxy) is 1. The number of piperazine rings is 1. The number of carbonyl (C=O) groups is 1. The van der Waals surface area contributed by atoms with Gasteiger partial charge in [-0.1, -0.05) is 35.3 Å². The molecule has 1 fully saturated rings. The summed E-state index contributed by atoms with van der Waals surface area (Å²) in [7, 11) is 0. The summed E-state index contributed by atoms with van der Waals surface area (Å²) in [5.41, 5.74) is 6.98. The van der Waals surface area contributed by atoms with E-state index in [9.17, 15) is 9.18 Å². The maximum Gasteiger partial charge on any atom is 0.405 e. The van der Waals surface area contributed by atoms with E-state index in [4.69, 9.17) is 33.7 Å². The average Bonchev–Trinajstić information content (AvgIpc) is 2.68. The second-order valence-electron chi connectivity index (χ2n) is 6.69. The maximum absolute atomic E-state index is 13.2. The summed E-state index contributed by atoms with van der Waals surface area (Å²) in [6.07, 6.45) is -0.744. The summed E-state index contributed by atoms with van der Waals surface area (Å²) in [5.74, 6) is -0.333. The van der Waals surface area contributed by atoms with Gasteiger partial charge in [0.1, 0.15) is 11.9 Å². The van der Waals surface area contributed by atoms with Gasteiger partial charge in [-0.3, -0.25) is 4.90 Å². The van der Waals surface area contributed by atoms with Crippen LogP contribution in [0.15, 0.2) is 42.5 Å². The van der Waals surface area contributed by atoms with Gasteiger partial charge in [0, 0.05) is 44.8 Å². The number of nitrogens with two attached hydrogens (primary N) is 1. The molecule has 2 N–H and O–H groups in total. The molecule has 3 rings (SSSR count). The van der Waals surface area contributed by atoms with Crippen LogP contribution in [0.5, 0.6) is 0 Å². The molecule has 0 saturated carbocycles. The van der Waals surface area contributed by atoms with Gasteiger partial charge in [-0.25, -0.2) is 9.18 Å². The number of hydrogen-bond donors (Lipinski definition) is 1. The molecular weight excluding hydrogens is 404 g/mol. The van der Waals surface area contributed by atoms with Crippen molar-refractivity contribution in [3.05, 3.63) is 63.9 Å². The van der Waals surface area contributed by atoms with Crippen LogP contribution in [0.1, 0.15) is 18.1 Å². The summed E-state index contributed by atoms with van der Waals surface area (Å²) >= 11 is 12.1. The van der Waals surface area contributed by atoms with Crippen molar-refractivity contribution in [3.63, 3.8) is 0 Å². The first kappa shape index (κ1) is 20.7. The van der Waals surface area contributed by atoms with Crippen molar-refractivity contribution in [1.29, 1.82) is 0 Å². The highest BCUT2D eigenvalue weighted by Crippen LogP contribution is 2.28. The molecule has 8 heteroatoms. The van der Waals surface area contributed by atoms with Crippen LogP contribution in [-0.2, 0) is 4.74 Å². The zero-order valence-electron chi connectivity index (χ0n) is 15.3. The predicted octanol–water partition coefficient (Wildman–Crippen LogP) is 4.48. The Morgan fingerprint density at radius 2 is 1.75 bits per heavy atom. The van der Waals surface area contributed by atoms with Crippen LogP contribution in [-0.4, -0.2) is 43.7 Å². The van der Waals surface area contributed by atoms with Crippen LogP contribution in [0.2, 0.25) is 10.0 Å². The minimum absolute atomic E-state index is 0.333. The highest BCUT2D eigenvalue weighted by atomic mass is 35.5. The minimum Gasteiger partial charge on any atom is -0.441 e. The monoisotopic (exact) mass is 425 g/mol. The van der Waals surface area contributed by atoms with Gasteiger partial charge < -0.3 is 15.4 Å². The number of hydrogen-bond acceptors (Lipinski definition) is 4. The Bertz CT molecular complexity index is 812.